The van der Waals surface area contributed by atoms with E-state index in [1.807, 2.05) is 0 Å². The molecule has 28 heteroatoms. The van der Waals surface area contributed by atoms with Gasteiger partial charge in [0.2, 0.25) is 35.8 Å². The lowest BCUT2D eigenvalue weighted by Gasteiger charge is -2.24. The first-order valence-electron chi connectivity index (χ1n) is 26.6. The third-order valence-electron chi connectivity index (χ3n) is 13.6. The van der Waals surface area contributed by atoms with Gasteiger partial charge in [0.1, 0.15) is 40.8 Å². The van der Waals surface area contributed by atoms with Crippen LogP contribution in [0.25, 0.3) is 11.0 Å². The van der Waals surface area contributed by atoms with E-state index in [1.165, 1.54) is 34.1 Å². The topological polar surface area (TPSA) is 374 Å². The van der Waals surface area contributed by atoms with Gasteiger partial charge in [-0.25, -0.2) is 23.5 Å². The highest BCUT2D eigenvalue weighted by Crippen LogP contribution is 2.40. The van der Waals surface area contributed by atoms with Crippen LogP contribution >= 0.6 is 0 Å². The van der Waals surface area contributed by atoms with Crippen LogP contribution in [0, 0.1) is 29.5 Å². The van der Waals surface area contributed by atoms with Gasteiger partial charge in [-0.15, -0.1) is 0 Å². The number of carbonyl (C=O) groups excluding carboxylic acids is 6. The van der Waals surface area contributed by atoms with Crippen LogP contribution in [-0.2, 0) is 59.7 Å². The first-order valence-corrected chi connectivity index (χ1v) is 28.2. The third-order valence-corrected chi connectivity index (χ3v) is 14.2. The zero-order valence-electron chi connectivity index (χ0n) is 45.6. The number of rotatable bonds is 31. The number of ether oxygens (including phenoxy) is 5. The maximum Gasteiger partial charge on any atom is 0.312 e. The molecule has 1 fully saturated rings. The van der Waals surface area contributed by atoms with Crippen LogP contribution in [0.15, 0.2) is 66.1 Å². The molecule has 82 heavy (non-hydrogen) atoms. The van der Waals surface area contributed by atoms with Crippen molar-refractivity contribution >= 4 is 68.2 Å². The lowest BCUT2D eigenvalue weighted by molar-refractivity contribution is -0.668. The number of benzene rings is 2. The number of amides is 6. The quantitative estimate of drug-likeness (QED) is 0.0138. The van der Waals surface area contributed by atoms with E-state index in [9.17, 15) is 47.4 Å². The number of piperidine rings is 1. The highest BCUT2D eigenvalue weighted by atomic mass is 32.2. The highest BCUT2D eigenvalue weighted by Gasteiger charge is 2.48. The zero-order chi connectivity index (χ0) is 59.3. The number of nitrogens with two attached hydrogens (primary N) is 3. The number of nitrogen functional groups attached to an aromatic ring is 1. The molecule has 0 bridgehead atoms. The number of halogens is 1. The number of urea groups is 1. The Bertz CT molecular complexity index is 3200. The van der Waals surface area contributed by atoms with Gasteiger partial charge in [0.25, 0.3) is 22.0 Å². The summed E-state index contributed by atoms with van der Waals surface area (Å²) < 4.78 is 72.0. The molecule has 0 radical (unpaired) electrons. The van der Waals surface area contributed by atoms with Crippen LogP contribution in [-0.4, -0.2) is 159 Å². The summed E-state index contributed by atoms with van der Waals surface area (Å²) in [4.78, 5) is 82.0. The van der Waals surface area contributed by atoms with E-state index >= 15 is 4.39 Å². The Labute approximate surface area is 472 Å². The number of hydrogen-bond donors (Lipinski definition) is 9. The van der Waals surface area contributed by atoms with Gasteiger partial charge in [0, 0.05) is 55.1 Å². The molecule has 4 aromatic rings. The predicted octanol–water partition coefficient (Wildman–Crippen LogP) is -0.0836. The first kappa shape index (κ1) is 62.1. The molecular weight excluding hydrogens is 1090 g/mol. The summed E-state index contributed by atoms with van der Waals surface area (Å²) in [5, 5.41) is 35.9. The van der Waals surface area contributed by atoms with Crippen LogP contribution in [0.3, 0.4) is 0 Å². The minimum atomic E-state index is -4.20. The number of aromatic nitrogens is 3. The Morgan fingerprint density at radius 1 is 0.963 bits per heavy atom. The molecule has 0 saturated carbocycles. The van der Waals surface area contributed by atoms with Gasteiger partial charge in [0.15, 0.2) is 5.78 Å². The van der Waals surface area contributed by atoms with Gasteiger partial charge < -0.3 is 61.3 Å². The Hall–Kier alpha value is -7.46. The fraction of sp³-hybridized carbons (Fsp3) is 0.481. The molecule has 1 aliphatic carbocycles. The summed E-state index contributed by atoms with van der Waals surface area (Å²) in [5.41, 5.74) is 14.5. The standard InChI is InChI=1S/C54H68FN11O15S/c1-4-80-41-9-5-8-39(55)36(41)15-12-34-29-66(53-47(70)46(69)42(81-53)27-61-82(58,75)76)50-44(34)48(56)60-30-64(50)28-32-10-13-35(14-11-32)62-49(71)33(7-6-17-59-54(57)74)25-40(67)45(31(2)3)63-43(68)16-19-77-21-23-79-24-22-78-20-18-65-51(72)37-26-38(37)52(65)73/h5,8-11,13-14,29-31,33,42,45-47,53,56,61,69-70H,4,6-7,16-28H2,1-3H3,(H7,57,58,59,62,63,68,71,74,75,76)/p+1/t33-,42-,45+,46-,47-,53+/m1/s1. The van der Waals surface area contributed by atoms with Gasteiger partial charge in [-0.3, -0.25) is 28.9 Å². The lowest BCUT2D eigenvalue weighted by Crippen LogP contribution is -2.45. The maximum atomic E-state index is 15.2. The molecule has 4 heterocycles. The van der Waals surface area contributed by atoms with Crippen molar-refractivity contribution in [3.05, 3.63) is 88.6 Å². The molecule has 2 aliphatic heterocycles. The molecule has 2 aromatic carbocycles. The van der Waals surface area contributed by atoms with Gasteiger partial charge in [-0.1, -0.05) is 48.9 Å². The Morgan fingerprint density at radius 3 is 2.30 bits per heavy atom. The number of likely N-dealkylation sites (tertiary alicyclic amines) is 1. The molecule has 3 aliphatic rings. The van der Waals surface area contributed by atoms with E-state index < -0.39 is 76.9 Å². The van der Waals surface area contributed by atoms with Gasteiger partial charge in [-0.05, 0) is 55.5 Å². The molecule has 0 spiro atoms. The average Bonchev–Trinajstić information content (AvgIpc) is 3.92. The van der Waals surface area contributed by atoms with E-state index in [1.54, 1.807) is 55.7 Å². The summed E-state index contributed by atoms with van der Waals surface area (Å²) in [6.45, 7) is 6.58. The van der Waals surface area contributed by atoms with Crippen molar-refractivity contribution in [2.75, 3.05) is 76.9 Å². The number of anilines is 2. The highest BCUT2D eigenvalue weighted by molar-refractivity contribution is 7.87. The smallest absolute Gasteiger partial charge is 0.312 e. The monoisotopic (exact) mass is 1160 g/mol. The van der Waals surface area contributed by atoms with Crippen molar-refractivity contribution in [3.8, 4) is 17.6 Å². The molecule has 0 unspecified atom stereocenters. The summed E-state index contributed by atoms with van der Waals surface area (Å²) in [5.74, 6) is 2.31. The second-order valence-electron chi connectivity index (χ2n) is 19.9. The molecule has 1 saturated heterocycles. The minimum absolute atomic E-state index is 0.00297. The second kappa shape index (κ2) is 28.5. The van der Waals surface area contributed by atoms with Crippen LogP contribution in [0.2, 0.25) is 0 Å². The fourth-order valence-electron chi connectivity index (χ4n) is 9.35. The Balaban J connectivity index is 0.981. The van der Waals surface area contributed by atoms with E-state index in [2.05, 4.69) is 37.5 Å². The lowest BCUT2D eigenvalue weighted by atomic mass is 9.89. The number of hydrogen-bond acceptors (Lipinski definition) is 17. The van der Waals surface area contributed by atoms with Crippen molar-refractivity contribution in [2.45, 2.75) is 90.0 Å². The molecule has 6 amide bonds. The number of aliphatic hydroxyl groups excluding tert-OH is 2. The first-order chi connectivity index (χ1) is 39.1. The molecular formula is C54H69FN11O15S+. The van der Waals surface area contributed by atoms with E-state index in [4.69, 9.17) is 40.3 Å². The van der Waals surface area contributed by atoms with Crippen LogP contribution in [0.5, 0.6) is 5.75 Å². The van der Waals surface area contributed by atoms with Crippen molar-refractivity contribution < 1.29 is 80.0 Å². The number of aliphatic hydroxyl groups is 2. The number of primary amides is 1. The predicted molar refractivity (Wildman–Crippen MR) is 291 cm³/mol. The van der Waals surface area contributed by atoms with E-state index in [0.717, 1.165) is 0 Å². The van der Waals surface area contributed by atoms with Gasteiger partial charge in [-0.2, -0.15) is 13.1 Å². The number of ketones is 1. The molecule has 12 N–H and O–H groups in total. The van der Waals surface area contributed by atoms with Crippen molar-refractivity contribution in [3.63, 3.8) is 0 Å². The van der Waals surface area contributed by atoms with Crippen molar-refractivity contribution in [1.82, 2.24) is 29.8 Å². The summed E-state index contributed by atoms with van der Waals surface area (Å²) >= 11 is 0. The molecule has 7 rings (SSSR count). The number of nitrogens with zero attached hydrogens (tertiary/aromatic N) is 4. The van der Waals surface area contributed by atoms with Crippen LogP contribution < -0.4 is 46.6 Å². The SMILES string of the molecule is CCOc1cccc(F)c1C#Cc1cn([C@H]2O[C@H](CNS(N)(=O)=O)[C@@H](O)[C@H]2O)c2c1c(N)nc[n+]2Cc1ccc(NC(=O)[C@H](CCCNC(N)=O)CC(=O)[C@@H](NC(=O)CCOCCOCCOCCN2C(=O)C3=C(C3)C2=O)C(C)C)cc1. The molecule has 442 valence electrons. The van der Waals surface area contributed by atoms with E-state index in [-0.39, 0.29) is 142 Å². The summed E-state index contributed by atoms with van der Waals surface area (Å²) in [7, 11) is -4.20. The number of carbonyl (C=O) groups is 6. The Kier molecular flexibility index (Phi) is 21.6. The molecule has 2 aromatic heterocycles. The molecule has 6 atom stereocenters. The third kappa shape index (κ3) is 16.4. The second-order valence-corrected chi connectivity index (χ2v) is 21.3. The zero-order valence-corrected chi connectivity index (χ0v) is 46.4. The molecule has 26 nitrogen and oxygen atoms in total. The normalized spacial score (nSPS) is 18.3. The summed E-state index contributed by atoms with van der Waals surface area (Å²) in [6.07, 6.45) is -2.24. The minimum Gasteiger partial charge on any atom is -0.492 e. The van der Waals surface area contributed by atoms with Gasteiger partial charge in [0.05, 0.1) is 77.1 Å². The average molecular weight is 1160 g/mol. The van der Waals surface area contributed by atoms with Crippen molar-refractivity contribution in [2.24, 2.45) is 22.7 Å². The largest absolute Gasteiger partial charge is 0.492 e. The summed E-state index contributed by atoms with van der Waals surface area (Å²) in [6, 6.07) is 9.31. The Morgan fingerprint density at radius 2 is 1.65 bits per heavy atom. The van der Waals surface area contributed by atoms with E-state index in [0.29, 0.717) is 35.2 Å². The number of Topliss-reactive ketones (excluding diaryl/α,β-unsaturated/α-hetero) is 1. The van der Waals surface area contributed by atoms with Gasteiger partial charge >= 0.3 is 6.03 Å². The number of imide groups is 1. The van der Waals surface area contributed by atoms with Crippen LogP contribution in [0.1, 0.15) is 75.8 Å². The van der Waals surface area contributed by atoms with Crippen molar-refractivity contribution in [1.29, 1.82) is 0 Å². The number of fused-ring (bicyclic) bond motifs is 1. The fourth-order valence-corrected chi connectivity index (χ4v) is 9.75. The number of nitrogens with one attached hydrogen (secondary N) is 4. The maximum absolute atomic E-state index is 15.2. The van der Waals surface area contributed by atoms with Crippen LogP contribution in [0.4, 0.5) is 20.7 Å².